The second kappa shape index (κ2) is 5.33. The quantitative estimate of drug-likeness (QED) is 0.710. The number of benzene rings is 1. The molecule has 0 saturated carbocycles. The van der Waals surface area contributed by atoms with Crippen molar-refractivity contribution in [3.05, 3.63) is 41.2 Å². The summed E-state index contributed by atoms with van der Waals surface area (Å²) in [5.74, 6) is -0.243. The van der Waals surface area contributed by atoms with Gasteiger partial charge in [0.15, 0.2) is 0 Å². The normalized spacial score (nSPS) is 14.8. The maximum atomic E-state index is 12.8. The molecular formula is C14H12FN3. The first-order valence-corrected chi connectivity index (χ1v) is 5.77. The van der Waals surface area contributed by atoms with Gasteiger partial charge in [0.25, 0.3) is 0 Å². The molecule has 18 heavy (non-hydrogen) atoms. The summed E-state index contributed by atoms with van der Waals surface area (Å²) in [6, 6.07) is 10.2. The van der Waals surface area contributed by atoms with Gasteiger partial charge >= 0.3 is 0 Å². The highest BCUT2D eigenvalue weighted by molar-refractivity contribution is 5.49. The zero-order chi connectivity index (χ0) is 13.0. The summed E-state index contributed by atoms with van der Waals surface area (Å²) in [5, 5.41) is 17.6. The molecule has 0 amide bonds. The summed E-state index contributed by atoms with van der Waals surface area (Å²) in [6.07, 6.45) is 1.43. The maximum Gasteiger partial charge on any atom is 0.129 e. The number of anilines is 1. The summed E-state index contributed by atoms with van der Waals surface area (Å²) >= 11 is 0. The Kier molecular flexibility index (Phi) is 3.60. The zero-order valence-electron chi connectivity index (χ0n) is 9.86. The molecule has 1 aromatic rings. The van der Waals surface area contributed by atoms with E-state index in [1.165, 1.54) is 12.1 Å². The van der Waals surface area contributed by atoms with E-state index in [2.05, 4.69) is 4.90 Å². The van der Waals surface area contributed by atoms with Crippen molar-refractivity contribution in [3.63, 3.8) is 0 Å². The van der Waals surface area contributed by atoms with Crippen LogP contribution in [0.15, 0.2) is 35.4 Å². The van der Waals surface area contributed by atoms with E-state index < -0.39 is 0 Å². The van der Waals surface area contributed by atoms with E-state index in [0.29, 0.717) is 12.8 Å². The van der Waals surface area contributed by atoms with Gasteiger partial charge in [0.2, 0.25) is 0 Å². The molecule has 0 radical (unpaired) electrons. The molecule has 3 nitrogen and oxygen atoms in total. The van der Waals surface area contributed by atoms with E-state index in [1.54, 1.807) is 12.1 Å². The minimum atomic E-state index is -0.243. The molecule has 0 N–H and O–H groups in total. The van der Waals surface area contributed by atoms with Crippen molar-refractivity contribution in [3.8, 4) is 12.1 Å². The van der Waals surface area contributed by atoms with Crippen LogP contribution >= 0.6 is 0 Å². The lowest BCUT2D eigenvalue weighted by atomic mass is 9.98. The van der Waals surface area contributed by atoms with Crippen molar-refractivity contribution in [1.29, 1.82) is 10.5 Å². The molecule has 1 fully saturated rings. The molecule has 90 valence electrons. The predicted molar refractivity (Wildman–Crippen MR) is 66.1 cm³/mol. The van der Waals surface area contributed by atoms with E-state index in [1.807, 2.05) is 12.1 Å². The third-order valence-corrected chi connectivity index (χ3v) is 3.14. The summed E-state index contributed by atoms with van der Waals surface area (Å²) in [4.78, 5) is 2.13. The SMILES string of the molecule is N#CC(C#N)=C1CCN(c2ccc(F)cc2)CC1. The Labute approximate surface area is 105 Å². The number of hydrogen-bond donors (Lipinski definition) is 0. The van der Waals surface area contributed by atoms with E-state index in [4.69, 9.17) is 10.5 Å². The molecule has 4 heteroatoms. The van der Waals surface area contributed by atoms with Gasteiger partial charge in [0.05, 0.1) is 0 Å². The first-order chi connectivity index (χ1) is 8.74. The van der Waals surface area contributed by atoms with Gasteiger partial charge in [0, 0.05) is 18.8 Å². The van der Waals surface area contributed by atoms with Crippen molar-refractivity contribution < 1.29 is 4.39 Å². The number of halogens is 1. The van der Waals surface area contributed by atoms with Crippen LogP contribution in [0.4, 0.5) is 10.1 Å². The second-order valence-electron chi connectivity index (χ2n) is 4.17. The van der Waals surface area contributed by atoms with Gasteiger partial charge in [-0.05, 0) is 42.7 Å². The van der Waals surface area contributed by atoms with Crippen LogP contribution in [0.5, 0.6) is 0 Å². The monoisotopic (exact) mass is 241 g/mol. The van der Waals surface area contributed by atoms with Crippen LogP contribution in [0.25, 0.3) is 0 Å². The Morgan fingerprint density at radius 3 is 2.11 bits per heavy atom. The minimum absolute atomic E-state index is 0.243. The fourth-order valence-corrected chi connectivity index (χ4v) is 2.12. The number of piperidine rings is 1. The number of nitriles is 2. The summed E-state index contributed by atoms with van der Waals surface area (Å²) < 4.78 is 12.8. The van der Waals surface area contributed by atoms with Crippen molar-refractivity contribution in [2.45, 2.75) is 12.8 Å². The number of allylic oxidation sites excluding steroid dienone is 1. The van der Waals surface area contributed by atoms with E-state index in [9.17, 15) is 4.39 Å². The van der Waals surface area contributed by atoms with Gasteiger partial charge in [-0.15, -0.1) is 0 Å². The van der Waals surface area contributed by atoms with Crippen molar-refractivity contribution in [2.75, 3.05) is 18.0 Å². The number of nitrogens with zero attached hydrogens (tertiary/aromatic N) is 3. The van der Waals surface area contributed by atoms with Crippen LogP contribution in [0, 0.1) is 28.5 Å². The Morgan fingerprint density at radius 1 is 1.06 bits per heavy atom. The van der Waals surface area contributed by atoms with E-state index >= 15 is 0 Å². The van der Waals surface area contributed by atoms with Crippen LogP contribution < -0.4 is 4.90 Å². The van der Waals surface area contributed by atoms with Crippen molar-refractivity contribution in [2.24, 2.45) is 0 Å². The second-order valence-corrected chi connectivity index (χ2v) is 4.17. The number of hydrogen-bond acceptors (Lipinski definition) is 3. The molecule has 1 saturated heterocycles. The highest BCUT2D eigenvalue weighted by atomic mass is 19.1. The molecule has 0 spiro atoms. The topological polar surface area (TPSA) is 50.8 Å². The molecule has 1 aromatic carbocycles. The minimum Gasteiger partial charge on any atom is -0.371 e. The summed E-state index contributed by atoms with van der Waals surface area (Å²) in [6.45, 7) is 1.52. The van der Waals surface area contributed by atoms with E-state index in [0.717, 1.165) is 24.4 Å². The average molecular weight is 241 g/mol. The van der Waals surface area contributed by atoms with Gasteiger partial charge in [-0.1, -0.05) is 0 Å². The maximum absolute atomic E-state index is 12.8. The van der Waals surface area contributed by atoms with Gasteiger partial charge in [0.1, 0.15) is 23.5 Å². The third-order valence-electron chi connectivity index (χ3n) is 3.14. The predicted octanol–water partition coefficient (Wildman–Crippen LogP) is 2.77. The Balaban J connectivity index is 2.08. The van der Waals surface area contributed by atoms with Crippen LogP contribution in [0.2, 0.25) is 0 Å². The lowest BCUT2D eigenvalue weighted by Gasteiger charge is -2.30. The van der Waals surface area contributed by atoms with Crippen LogP contribution in [-0.2, 0) is 0 Å². The highest BCUT2D eigenvalue weighted by Gasteiger charge is 2.17. The summed E-state index contributed by atoms with van der Waals surface area (Å²) in [5.41, 5.74) is 2.15. The molecule has 0 unspecified atom stereocenters. The molecule has 1 aliphatic rings. The molecule has 1 aliphatic heterocycles. The molecule has 0 bridgehead atoms. The Hall–Kier alpha value is -2.33. The van der Waals surface area contributed by atoms with Crippen molar-refractivity contribution >= 4 is 5.69 Å². The fourth-order valence-electron chi connectivity index (χ4n) is 2.12. The molecule has 0 atom stereocenters. The van der Waals surface area contributed by atoms with Gasteiger partial charge in [-0.3, -0.25) is 0 Å². The Bertz CT molecular complexity index is 520. The van der Waals surface area contributed by atoms with Crippen LogP contribution in [0.3, 0.4) is 0 Å². The van der Waals surface area contributed by atoms with Gasteiger partial charge in [-0.2, -0.15) is 10.5 Å². The average Bonchev–Trinajstić information content (AvgIpc) is 2.42. The fraction of sp³-hybridized carbons (Fsp3) is 0.286. The van der Waals surface area contributed by atoms with Crippen molar-refractivity contribution in [1.82, 2.24) is 0 Å². The van der Waals surface area contributed by atoms with Crippen LogP contribution in [0.1, 0.15) is 12.8 Å². The Morgan fingerprint density at radius 2 is 1.61 bits per heavy atom. The molecular weight excluding hydrogens is 229 g/mol. The largest absolute Gasteiger partial charge is 0.371 e. The van der Waals surface area contributed by atoms with Gasteiger partial charge < -0.3 is 4.90 Å². The third kappa shape index (κ3) is 2.49. The smallest absolute Gasteiger partial charge is 0.129 e. The zero-order valence-corrected chi connectivity index (χ0v) is 9.86. The molecule has 0 aliphatic carbocycles. The molecule has 0 aromatic heterocycles. The lowest BCUT2D eigenvalue weighted by molar-refractivity contribution is 0.626. The highest BCUT2D eigenvalue weighted by Crippen LogP contribution is 2.24. The lowest BCUT2D eigenvalue weighted by Crippen LogP contribution is -2.30. The van der Waals surface area contributed by atoms with Gasteiger partial charge in [-0.25, -0.2) is 4.39 Å². The van der Waals surface area contributed by atoms with E-state index in [-0.39, 0.29) is 11.4 Å². The van der Waals surface area contributed by atoms with Crippen LogP contribution in [-0.4, -0.2) is 13.1 Å². The first kappa shape index (κ1) is 12.1. The summed E-state index contributed by atoms with van der Waals surface area (Å²) in [7, 11) is 0. The standard InChI is InChI=1S/C14H12FN3/c15-13-1-3-14(4-2-13)18-7-5-11(6-8-18)12(9-16)10-17/h1-4H,5-8H2. The first-order valence-electron chi connectivity index (χ1n) is 5.77. The molecule has 2 rings (SSSR count). The number of rotatable bonds is 1. The molecule has 1 heterocycles.